The Bertz CT molecular complexity index is 1060. The molecule has 4 N–H and O–H groups in total. The first-order valence-electron chi connectivity index (χ1n) is 8.32. The van der Waals surface area contributed by atoms with Gasteiger partial charge in [0.15, 0.2) is 5.65 Å². The number of nitrogens with zero attached hydrogens (tertiary/aromatic N) is 3. The average Bonchev–Trinajstić information content (AvgIpc) is 2.94. The summed E-state index contributed by atoms with van der Waals surface area (Å²) in [7, 11) is 0. The van der Waals surface area contributed by atoms with Gasteiger partial charge in [-0.05, 0) is 25.7 Å². The molecule has 0 aliphatic heterocycles. The number of pyridine rings is 1. The van der Waals surface area contributed by atoms with Gasteiger partial charge in [-0.25, -0.2) is 14.2 Å². The predicted molar refractivity (Wildman–Crippen MR) is 92.0 cm³/mol. The summed E-state index contributed by atoms with van der Waals surface area (Å²) in [4.78, 5) is 37.5. The number of aromatic amines is 2. The molecule has 0 unspecified atom stereocenters. The molecule has 10 heteroatoms. The van der Waals surface area contributed by atoms with Crippen LogP contribution in [0.1, 0.15) is 31.7 Å². The molecule has 0 radical (unpaired) electrons. The van der Waals surface area contributed by atoms with Gasteiger partial charge in [0.1, 0.15) is 17.0 Å². The fourth-order valence-corrected chi connectivity index (χ4v) is 3.30. The summed E-state index contributed by atoms with van der Waals surface area (Å²) in [5.41, 5.74) is 0.0374. The van der Waals surface area contributed by atoms with E-state index in [1.54, 1.807) is 4.57 Å². The first-order chi connectivity index (χ1) is 12.5. The number of hydrogen-bond acceptors (Lipinski definition) is 6. The zero-order chi connectivity index (χ0) is 18.3. The second-order valence-electron chi connectivity index (χ2n) is 6.38. The van der Waals surface area contributed by atoms with Crippen molar-refractivity contribution in [2.45, 2.75) is 37.8 Å². The lowest BCUT2D eigenvalue weighted by atomic mass is 9.93. The van der Waals surface area contributed by atoms with Crippen molar-refractivity contribution in [2.75, 3.05) is 5.32 Å². The van der Waals surface area contributed by atoms with Crippen LogP contribution in [0.15, 0.2) is 28.0 Å². The molecule has 1 aliphatic carbocycles. The predicted octanol–water partition coefficient (Wildman–Crippen LogP) is 1.17. The summed E-state index contributed by atoms with van der Waals surface area (Å²) >= 11 is 0. The lowest BCUT2D eigenvalue weighted by Crippen LogP contribution is -2.27. The Labute approximate surface area is 145 Å². The second-order valence-corrected chi connectivity index (χ2v) is 6.38. The van der Waals surface area contributed by atoms with E-state index in [9.17, 15) is 19.1 Å². The van der Waals surface area contributed by atoms with Crippen LogP contribution < -0.4 is 16.6 Å². The summed E-state index contributed by atoms with van der Waals surface area (Å²) < 4.78 is 14.9. The van der Waals surface area contributed by atoms with Crippen LogP contribution >= 0.6 is 0 Å². The topological polar surface area (TPSA) is 129 Å². The molecule has 0 aromatic carbocycles. The van der Waals surface area contributed by atoms with E-state index in [1.165, 1.54) is 6.20 Å². The highest BCUT2D eigenvalue weighted by Gasteiger charge is 2.24. The number of halogens is 1. The first-order valence-corrected chi connectivity index (χ1v) is 8.32. The normalized spacial score (nSPS) is 20.4. The van der Waals surface area contributed by atoms with Crippen molar-refractivity contribution >= 4 is 22.8 Å². The molecule has 1 aliphatic rings. The van der Waals surface area contributed by atoms with E-state index < -0.39 is 11.4 Å². The number of fused-ring (bicyclic) bond motifs is 1. The maximum Gasteiger partial charge on any atom is 0.327 e. The van der Waals surface area contributed by atoms with Gasteiger partial charge in [0, 0.05) is 18.3 Å². The van der Waals surface area contributed by atoms with Crippen molar-refractivity contribution in [3.05, 3.63) is 45.1 Å². The van der Waals surface area contributed by atoms with E-state index in [-0.39, 0.29) is 29.5 Å². The van der Waals surface area contributed by atoms with Crippen molar-refractivity contribution in [3.8, 4) is 0 Å². The Morgan fingerprint density at radius 3 is 2.81 bits per heavy atom. The quantitative estimate of drug-likeness (QED) is 0.555. The number of anilines is 2. The minimum Gasteiger partial charge on any atom is -0.393 e. The molecule has 0 spiro atoms. The molecule has 3 aromatic rings. The minimum atomic E-state index is -0.604. The SMILES string of the molecule is O=c1[nH]cc(F)cc1Nc1ncc2[nH]c(=O)n(C3CCC(O)CC3)c2n1. The fourth-order valence-electron chi connectivity index (χ4n) is 3.30. The number of H-pyrrole nitrogens is 2. The molecule has 0 saturated heterocycles. The van der Waals surface area contributed by atoms with Crippen LogP contribution in [-0.4, -0.2) is 35.7 Å². The minimum absolute atomic E-state index is 0.0328. The van der Waals surface area contributed by atoms with E-state index in [0.29, 0.717) is 36.8 Å². The number of aliphatic hydroxyl groups is 1. The molecular weight excluding hydrogens is 343 g/mol. The van der Waals surface area contributed by atoms with E-state index in [0.717, 1.165) is 12.3 Å². The van der Waals surface area contributed by atoms with Gasteiger partial charge in [-0.2, -0.15) is 4.98 Å². The maximum absolute atomic E-state index is 13.3. The highest BCUT2D eigenvalue weighted by atomic mass is 19.1. The molecule has 0 amide bonds. The van der Waals surface area contributed by atoms with Crippen LogP contribution in [0.2, 0.25) is 0 Å². The van der Waals surface area contributed by atoms with E-state index in [2.05, 4.69) is 25.3 Å². The summed E-state index contributed by atoms with van der Waals surface area (Å²) in [6.45, 7) is 0. The smallest absolute Gasteiger partial charge is 0.327 e. The van der Waals surface area contributed by atoms with Gasteiger partial charge in [0.2, 0.25) is 5.95 Å². The van der Waals surface area contributed by atoms with E-state index >= 15 is 0 Å². The van der Waals surface area contributed by atoms with Crippen LogP contribution in [0.4, 0.5) is 16.0 Å². The lowest BCUT2D eigenvalue weighted by Gasteiger charge is -2.25. The zero-order valence-corrected chi connectivity index (χ0v) is 13.7. The van der Waals surface area contributed by atoms with Crippen molar-refractivity contribution < 1.29 is 9.50 Å². The van der Waals surface area contributed by atoms with Crippen molar-refractivity contribution in [2.24, 2.45) is 0 Å². The van der Waals surface area contributed by atoms with Gasteiger partial charge < -0.3 is 20.4 Å². The third kappa shape index (κ3) is 2.99. The summed E-state index contributed by atoms with van der Waals surface area (Å²) in [6, 6.07) is 0.971. The van der Waals surface area contributed by atoms with Gasteiger partial charge >= 0.3 is 5.69 Å². The Hall–Kier alpha value is -3.01. The van der Waals surface area contributed by atoms with Gasteiger partial charge in [0.25, 0.3) is 5.56 Å². The monoisotopic (exact) mass is 360 g/mol. The van der Waals surface area contributed by atoms with Crippen LogP contribution in [0.25, 0.3) is 11.2 Å². The highest BCUT2D eigenvalue weighted by Crippen LogP contribution is 2.29. The van der Waals surface area contributed by atoms with Crippen LogP contribution in [0.5, 0.6) is 0 Å². The summed E-state index contributed by atoms with van der Waals surface area (Å²) in [5.74, 6) is -0.523. The fraction of sp³-hybridized carbons (Fsp3) is 0.375. The standard InChI is InChI=1S/C16H17FN6O3/c17-8-5-11(14(25)18-6-8)20-15-19-7-12-13(22-15)23(16(26)21-12)9-1-3-10(24)4-2-9/h5-7,9-10,24H,1-4H2,(H,18,25)(H,21,26)(H,19,20,22). The number of nitrogens with one attached hydrogen (secondary N) is 3. The van der Waals surface area contributed by atoms with Gasteiger partial charge in [0.05, 0.1) is 12.3 Å². The van der Waals surface area contributed by atoms with Crippen LogP contribution in [0.3, 0.4) is 0 Å². The van der Waals surface area contributed by atoms with Crippen molar-refractivity contribution in [1.82, 2.24) is 24.5 Å². The summed E-state index contributed by atoms with van der Waals surface area (Å²) in [5, 5.41) is 12.3. The third-order valence-corrected chi connectivity index (χ3v) is 4.60. The first kappa shape index (κ1) is 16.5. The second kappa shape index (κ2) is 6.37. The van der Waals surface area contributed by atoms with Crippen molar-refractivity contribution in [3.63, 3.8) is 0 Å². The van der Waals surface area contributed by atoms with E-state index in [1.807, 2.05) is 0 Å². The lowest BCUT2D eigenvalue weighted by molar-refractivity contribution is 0.111. The number of aromatic nitrogens is 5. The molecule has 0 atom stereocenters. The maximum atomic E-state index is 13.3. The number of hydrogen-bond donors (Lipinski definition) is 4. The molecule has 3 heterocycles. The molecule has 3 aromatic heterocycles. The molecule has 9 nitrogen and oxygen atoms in total. The Kier molecular flexibility index (Phi) is 4.03. The van der Waals surface area contributed by atoms with E-state index in [4.69, 9.17) is 0 Å². The molecule has 4 rings (SSSR count). The summed E-state index contributed by atoms with van der Waals surface area (Å²) in [6.07, 6.45) is 4.65. The Morgan fingerprint density at radius 2 is 2.04 bits per heavy atom. The Balaban J connectivity index is 1.72. The molecule has 136 valence electrons. The van der Waals surface area contributed by atoms with Gasteiger partial charge in [-0.3, -0.25) is 9.36 Å². The molecule has 1 fully saturated rings. The molecule has 26 heavy (non-hydrogen) atoms. The molecular formula is C16H17FN6O3. The van der Waals surface area contributed by atoms with Gasteiger partial charge in [-0.1, -0.05) is 0 Å². The number of imidazole rings is 1. The van der Waals surface area contributed by atoms with Gasteiger partial charge in [-0.15, -0.1) is 0 Å². The molecule has 0 bridgehead atoms. The number of rotatable bonds is 3. The average molecular weight is 360 g/mol. The zero-order valence-electron chi connectivity index (χ0n) is 13.7. The Morgan fingerprint density at radius 1 is 1.27 bits per heavy atom. The third-order valence-electron chi connectivity index (χ3n) is 4.60. The van der Waals surface area contributed by atoms with Crippen molar-refractivity contribution in [1.29, 1.82) is 0 Å². The molecule has 1 saturated carbocycles. The van der Waals surface area contributed by atoms with Crippen LogP contribution in [-0.2, 0) is 0 Å². The largest absolute Gasteiger partial charge is 0.393 e. The van der Waals surface area contributed by atoms with Crippen LogP contribution in [0, 0.1) is 5.82 Å². The number of aliphatic hydroxyl groups excluding tert-OH is 1. The highest BCUT2D eigenvalue weighted by molar-refractivity contribution is 5.72.